The lowest BCUT2D eigenvalue weighted by Crippen LogP contribution is -2.35. The summed E-state index contributed by atoms with van der Waals surface area (Å²) in [5, 5.41) is 0. The van der Waals surface area contributed by atoms with Gasteiger partial charge in [0.1, 0.15) is 0 Å². The van der Waals surface area contributed by atoms with Crippen molar-refractivity contribution in [3.63, 3.8) is 0 Å². The highest BCUT2D eigenvalue weighted by molar-refractivity contribution is 7.89. The van der Waals surface area contributed by atoms with Gasteiger partial charge in [-0.05, 0) is 37.0 Å². The van der Waals surface area contributed by atoms with Gasteiger partial charge in [0.2, 0.25) is 10.0 Å². The second-order valence-corrected chi connectivity index (χ2v) is 7.07. The van der Waals surface area contributed by atoms with Gasteiger partial charge in [-0.1, -0.05) is 30.7 Å². The number of hydrogen-bond donors (Lipinski definition) is 1. The molecule has 0 saturated heterocycles. The van der Waals surface area contributed by atoms with Gasteiger partial charge in [-0.15, -0.1) is 0 Å². The molecule has 1 heterocycles. The molecule has 1 aromatic rings. The van der Waals surface area contributed by atoms with Crippen molar-refractivity contribution in [2.24, 2.45) is 5.73 Å². The monoisotopic (exact) mass is 294 g/mol. The van der Waals surface area contributed by atoms with Crippen molar-refractivity contribution in [2.75, 3.05) is 13.1 Å². The SMILES string of the molecule is CCc1ccc(CN)cc1S(=O)(=O)N1CC=C(C)CC1. The fraction of sp³-hybridized carbons (Fsp3) is 0.467. The molecule has 0 bridgehead atoms. The van der Waals surface area contributed by atoms with Crippen LogP contribution in [0.15, 0.2) is 34.7 Å². The Kier molecular flexibility index (Phi) is 4.62. The van der Waals surface area contributed by atoms with E-state index in [1.807, 2.05) is 32.1 Å². The van der Waals surface area contributed by atoms with Crippen LogP contribution in [0.3, 0.4) is 0 Å². The fourth-order valence-electron chi connectivity index (χ4n) is 2.37. The summed E-state index contributed by atoms with van der Waals surface area (Å²) < 4.78 is 27.1. The van der Waals surface area contributed by atoms with E-state index in [1.54, 1.807) is 10.4 Å². The molecule has 0 spiro atoms. The zero-order valence-electron chi connectivity index (χ0n) is 12.1. The van der Waals surface area contributed by atoms with Crippen LogP contribution in [0.2, 0.25) is 0 Å². The largest absolute Gasteiger partial charge is 0.326 e. The van der Waals surface area contributed by atoms with Gasteiger partial charge < -0.3 is 5.73 Å². The van der Waals surface area contributed by atoms with Crippen LogP contribution < -0.4 is 5.73 Å². The summed E-state index contributed by atoms with van der Waals surface area (Å²) in [5.41, 5.74) is 8.59. The molecule has 2 rings (SSSR count). The molecule has 5 heteroatoms. The number of rotatable bonds is 4. The van der Waals surface area contributed by atoms with E-state index in [9.17, 15) is 8.42 Å². The Hall–Kier alpha value is -1.17. The molecule has 1 aliphatic rings. The first kappa shape index (κ1) is 15.2. The number of nitrogens with two attached hydrogens (primary N) is 1. The molecule has 0 aliphatic carbocycles. The van der Waals surface area contributed by atoms with Crippen LogP contribution in [-0.4, -0.2) is 25.8 Å². The van der Waals surface area contributed by atoms with Gasteiger partial charge in [0.05, 0.1) is 4.90 Å². The third-order valence-electron chi connectivity index (χ3n) is 3.76. The Balaban J connectivity index is 2.43. The van der Waals surface area contributed by atoms with Gasteiger partial charge in [0.25, 0.3) is 0 Å². The van der Waals surface area contributed by atoms with Crippen molar-refractivity contribution in [2.45, 2.75) is 38.1 Å². The standard InChI is InChI=1S/C15H22N2O2S/c1-3-14-5-4-13(11-16)10-15(14)20(18,19)17-8-6-12(2)7-9-17/h4-6,10H,3,7-9,11,16H2,1-2H3. The van der Waals surface area contributed by atoms with Crippen molar-refractivity contribution in [1.29, 1.82) is 0 Å². The lowest BCUT2D eigenvalue weighted by molar-refractivity contribution is 0.431. The molecule has 1 aromatic carbocycles. The summed E-state index contributed by atoms with van der Waals surface area (Å²) in [5.74, 6) is 0. The highest BCUT2D eigenvalue weighted by atomic mass is 32.2. The molecule has 2 N–H and O–H groups in total. The quantitative estimate of drug-likeness (QED) is 0.864. The number of sulfonamides is 1. The summed E-state index contributed by atoms with van der Waals surface area (Å²) in [7, 11) is -3.43. The van der Waals surface area contributed by atoms with E-state index in [0.717, 1.165) is 17.5 Å². The minimum atomic E-state index is -3.43. The van der Waals surface area contributed by atoms with Gasteiger partial charge in [-0.2, -0.15) is 4.31 Å². The van der Waals surface area contributed by atoms with Crippen LogP contribution in [0.5, 0.6) is 0 Å². The van der Waals surface area contributed by atoms with Crippen molar-refractivity contribution in [3.05, 3.63) is 41.0 Å². The van der Waals surface area contributed by atoms with Gasteiger partial charge in [-0.3, -0.25) is 0 Å². The highest BCUT2D eigenvalue weighted by Crippen LogP contribution is 2.25. The van der Waals surface area contributed by atoms with E-state index < -0.39 is 10.0 Å². The van der Waals surface area contributed by atoms with Crippen LogP contribution in [0, 0.1) is 0 Å². The van der Waals surface area contributed by atoms with Crippen molar-refractivity contribution in [1.82, 2.24) is 4.31 Å². The van der Waals surface area contributed by atoms with Crippen LogP contribution in [0.4, 0.5) is 0 Å². The topological polar surface area (TPSA) is 63.4 Å². The van der Waals surface area contributed by atoms with E-state index in [1.165, 1.54) is 5.57 Å². The van der Waals surface area contributed by atoms with Crippen molar-refractivity contribution < 1.29 is 8.42 Å². The van der Waals surface area contributed by atoms with Crippen LogP contribution in [0.25, 0.3) is 0 Å². The Morgan fingerprint density at radius 1 is 1.35 bits per heavy atom. The van der Waals surface area contributed by atoms with Crippen molar-refractivity contribution >= 4 is 10.0 Å². The Morgan fingerprint density at radius 2 is 2.10 bits per heavy atom. The lowest BCUT2D eigenvalue weighted by Gasteiger charge is -2.26. The number of aryl methyl sites for hydroxylation is 1. The molecule has 0 unspecified atom stereocenters. The lowest BCUT2D eigenvalue weighted by atomic mass is 10.1. The third-order valence-corrected chi connectivity index (χ3v) is 5.71. The van der Waals surface area contributed by atoms with Crippen LogP contribution in [-0.2, 0) is 23.0 Å². The highest BCUT2D eigenvalue weighted by Gasteiger charge is 2.27. The first-order chi connectivity index (χ1) is 9.48. The molecule has 4 nitrogen and oxygen atoms in total. The molecule has 20 heavy (non-hydrogen) atoms. The molecular weight excluding hydrogens is 272 g/mol. The summed E-state index contributed by atoms with van der Waals surface area (Å²) in [6.07, 6.45) is 3.48. The van der Waals surface area contributed by atoms with E-state index >= 15 is 0 Å². The zero-order chi connectivity index (χ0) is 14.8. The summed E-state index contributed by atoms with van der Waals surface area (Å²) in [6, 6.07) is 5.50. The molecule has 0 saturated carbocycles. The molecule has 1 aliphatic heterocycles. The minimum Gasteiger partial charge on any atom is -0.326 e. The molecule has 0 fully saturated rings. The second-order valence-electron chi connectivity index (χ2n) is 5.16. The number of hydrogen-bond acceptors (Lipinski definition) is 3. The third kappa shape index (κ3) is 2.95. The first-order valence-electron chi connectivity index (χ1n) is 6.96. The normalized spacial score (nSPS) is 17.1. The van der Waals surface area contributed by atoms with Crippen LogP contribution in [0.1, 0.15) is 31.4 Å². The molecule has 0 radical (unpaired) electrons. The fourth-order valence-corrected chi connectivity index (χ4v) is 4.09. The molecule has 0 amide bonds. The summed E-state index contributed by atoms with van der Waals surface area (Å²) >= 11 is 0. The predicted octanol–water partition coefficient (Wildman–Crippen LogP) is 2.05. The Morgan fingerprint density at radius 3 is 2.65 bits per heavy atom. The van der Waals surface area contributed by atoms with Gasteiger partial charge in [0, 0.05) is 19.6 Å². The van der Waals surface area contributed by atoms with Gasteiger partial charge in [-0.25, -0.2) is 8.42 Å². The average molecular weight is 294 g/mol. The first-order valence-corrected chi connectivity index (χ1v) is 8.40. The number of nitrogens with zero attached hydrogens (tertiary/aromatic N) is 1. The molecule has 0 aromatic heterocycles. The van der Waals surface area contributed by atoms with E-state index in [4.69, 9.17) is 5.73 Å². The van der Waals surface area contributed by atoms with Gasteiger partial charge >= 0.3 is 0 Å². The second kappa shape index (κ2) is 6.08. The average Bonchev–Trinajstić information content (AvgIpc) is 2.47. The number of benzene rings is 1. The van der Waals surface area contributed by atoms with E-state index in [2.05, 4.69) is 0 Å². The Bertz CT molecular complexity index is 621. The van der Waals surface area contributed by atoms with Crippen LogP contribution >= 0.6 is 0 Å². The van der Waals surface area contributed by atoms with Crippen molar-refractivity contribution in [3.8, 4) is 0 Å². The smallest absolute Gasteiger partial charge is 0.243 e. The maximum Gasteiger partial charge on any atom is 0.243 e. The predicted molar refractivity (Wildman–Crippen MR) is 80.8 cm³/mol. The minimum absolute atomic E-state index is 0.353. The maximum atomic E-state index is 12.8. The molecule has 110 valence electrons. The van der Waals surface area contributed by atoms with E-state index in [0.29, 0.717) is 31.0 Å². The summed E-state index contributed by atoms with van der Waals surface area (Å²) in [4.78, 5) is 0.413. The zero-order valence-corrected chi connectivity index (χ0v) is 12.9. The molecule has 0 atom stereocenters. The Labute approximate surface area is 121 Å². The maximum absolute atomic E-state index is 12.8. The van der Waals surface area contributed by atoms with E-state index in [-0.39, 0.29) is 0 Å². The summed E-state index contributed by atoms with van der Waals surface area (Å²) in [6.45, 7) is 5.38. The van der Waals surface area contributed by atoms with Gasteiger partial charge in [0.15, 0.2) is 0 Å². The molecular formula is C15H22N2O2S.